The van der Waals surface area contributed by atoms with Crippen LogP contribution in [0.1, 0.15) is 23.6 Å². The fourth-order valence-corrected chi connectivity index (χ4v) is 3.80. The zero-order valence-electron chi connectivity index (χ0n) is 15.9. The van der Waals surface area contributed by atoms with E-state index in [0.29, 0.717) is 29.2 Å². The van der Waals surface area contributed by atoms with Crippen LogP contribution in [0.2, 0.25) is 0 Å². The van der Waals surface area contributed by atoms with Crippen LogP contribution in [0.25, 0.3) is 6.08 Å². The minimum atomic E-state index is -0.376. The van der Waals surface area contributed by atoms with Gasteiger partial charge in [-0.3, -0.25) is 14.5 Å². The minimum absolute atomic E-state index is 0.291. The molecular weight excluding hydrogens is 378 g/mol. The Morgan fingerprint density at radius 3 is 2.46 bits per heavy atom. The Labute approximate surface area is 167 Å². The molecule has 146 valence electrons. The quantitative estimate of drug-likeness (QED) is 0.691. The van der Waals surface area contributed by atoms with Crippen LogP contribution in [0.3, 0.4) is 0 Å². The molecule has 2 heterocycles. The number of nitrogens with zero attached hydrogens (tertiary/aromatic N) is 1. The van der Waals surface area contributed by atoms with E-state index >= 15 is 0 Å². The van der Waals surface area contributed by atoms with Crippen molar-refractivity contribution in [3.05, 3.63) is 58.3 Å². The minimum Gasteiger partial charge on any atom is -0.493 e. The molecule has 2 amide bonds. The lowest BCUT2D eigenvalue weighted by Gasteiger charge is -2.30. The number of carbonyl (C=O) groups excluding carboxylic acids is 2. The van der Waals surface area contributed by atoms with Crippen molar-refractivity contribution in [1.82, 2.24) is 4.90 Å². The zero-order chi connectivity index (χ0) is 20.1. The lowest BCUT2D eigenvalue weighted by molar-refractivity contribution is -0.142. The Balaban J connectivity index is 1.88. The Hall–Kier alpha value is -3.06. The summed E-state index contributed by atoms with van der Waals surface area (Å²) in [6.07, 6.45) is 6.86. The van der Waals surface area contributed by atoms with Gasteiger partial charge in [0.25, 0.3) is 11.8 Å². The second-order valence-electron chi connectivity index (χ2n) is 6.05. The monoisotopic (exact) mass is 399 g/mol. The first kappa shape index (κ1) is 19.7. The normalized spacial score (nSPS) is 16.5. The summed E-state index contributed by atoms with van der Waals surface area (Å²) in [6.45, 7) is 0. The predicted molar refractivity (Wildman–Crippen MR) is 108 cm³/mol. The molecule has 0 N–H and O–H groups in total. The van der Waals surface area contributed by atoms with Gasteiger partial charge in [-0.05, 0) is 58.7 Å². The van der Waals surface area contributed by atoms with Crippen LogP contribution in [0.5, 0.6) is 17.2 Å². The molecule has 0 spiro atoms. The van der Waals surface area contributed by atoms with Crippen LogP contribution in [0.4, 0.5) is 0 Å². The molecule has 7 heteroatoms. The van der Waals surface area contributed by atoms with Crippen molar-refractivity contribution >= 4 is 29.2 Å². The maximum atomic E-state index is 12.8. The molecule has 1 aliphatic rings. The standard InChI is InChI=1S/C21H21NO5S/c1-25-17-11-14(12-18(26-2)21(17)27-3)7-8-20(24)22-16(5-4-6-19(22)23)15-9-10-28-13-15/h4,6-13,16H,5H2,1-3H3. The molecule has 6 nitrogen and oxygen atoms in total. The highest BCUT2D eigenvalue weighted by atomic mass is 32.1. The molecule has 0 aliphatic carbocycles. The third kappa shape index (κ3) is 3.94. The fraction of sp³-hybridized carbons (Fsp3) is 0.238. The number of benzene rings is 1. The molecule has 0 saturated heterocycles. The number of imide groups is 1. The molecule has 1 aliphatic heterocycles. The first-order valence-corrected chi connectivity index (χ1v) is 9.57. The van der Waals surface area contributed by atoms with E-state index in [9.17, 15) is 9.59 Å². The van der Waals surface area contributed by atoms with Crippen molar-refractivity contribution in [2.24, 2.45) is 0 Å². The van der Waals surface area contributed by atoms with Gasteiger partial charge in [0.05, 0.1) is 27.4 Å². The molecule has 2 aromatic rings. The highest BCUT2D eigenvalue weighted by molar-refractivity contribution is 7.08. The molecule has 1 unspecified atom stereocenters. The second-order valence-corrected chi connectivity index (χ2v) is 6.83. The van der Waals surface area contributed by atoms with E-state index in [1.807, 2.05) is 16.8 Å². The molecule has 1 atom stereocenters. The van der Waals surface area contributed by atoms with Crippen molar-refractivity contribution in [3.63, 3.8) is 0 Å². The molecule has 0 radical (unpaired) electrons. The number of rotatable bonds is 6. The van der Waals surface area contributed by atoms with Crippen molar-refractivity contribution in [2.45, 2.75) is 12.5 Å². The molecule has 0 saturated carbocycles. The Bertz CT molecular complexity index is 892. The summed E-state index contributed by atoms with van der Waals surface area (Å²) in [4.78, 5) is 26.5. The van der Waals surface area contributed by atoms with Crippen LogP contribution < -0.4 is 14.2 Å². The summed E-state index contributed by atoms with van der Waals surface area (Å²) in [5.74, 6) is 0.757. The van der Waals surface area contributed by atoms with E-state index in [-0.39, 0.29) is 17.9 Å². The van der Waals surface area contributed by atoms with Gasteiger partial charge in [-0.2, -0.15) is 11.3 Å². The predicted octanol–water partition coefficient (Wildman–Crippen LogP) is 3.84. The molecule has 3 rings (SSSR count). The summed E-state index contributed by atoms with van der Waals surface area (Å²) in [7, 11) is 4.58. The maximum absolute atomic E-state index is 12.8. The largest absolute Gasteiger partial charge is 0.493 e. The maximum Gasteiger partial charge on any atom is 0.254 e. The van der Waals surface area contributed by atoms with Gasteiger partial charge in [0.15, 0.2) is 11.5 Å². The van der Waals surface area contributed by atoms with E-state index in [4.69, 9.17) is 14.2 Å². The number of carbonyl (C=O) groups is 2. The van der Waals surface area contributed by atoms with Gasteiger partial charge >= 0.3 is 0 Å². The summed E-state index contributed by atoms with van der Waals surface area (Å²) >= 11 is 1.54. The number of hydrogen-bond donors (Lipinski definition) is 0. The summed E-state index contributed by atoms with van der Waals surface area (Å²) in [6, 6.07) is 5.12. The van der Waals surface area contributed by atoms with Crippen LogP contribution in [0.15, 0.2) is 47.2 Å². The van der Waals surface area contributed by atoms with Gasteiger partial charge in [0, 0.05) is 6.08 Å². The Morgan fingerprint density at radius 1 is 1.18 bits per heavy atom. The lowest BCUT2D eigenvalue weighted by Crippen LogP contribution is -2.39. The summed E-state index contributed by atoms with van der Waals surface area (Å²) < 4.78 is 16.0. The van der Waals surface area contributed by atoms with Gasteiger partial charge < -0.3 is 14.2 Å². The molecule has 28 heavy (non-hydrogen) atoms. The Kier molecular flexibility index (Phi) is 6.16. The highest BCUT2D eigenvalue weighted by Crippen LogP contribution is 2.38. The van der Waals surface area contributed by atoms with E-state index in [0.717, 1.165) is 5.56 Å². The smallest absolute Gasteiger partial charge is 0.254 e. The summed E-state index contributed by atoms with van der Waals surface area (Å²) in [5.41, 5.74) is 1.65. The van der Waals surface area contributed by atoms with Gasteiger partial charge in [-0.25, -0.2) is 0 Å². The van der Waals surface area contributed by atoms with Gasteiger partial charge in [0.1, 0.15) is 0 Å². The first-order chi connectivity index (χ1) is 13.6. The SMILES string of the molecule is COc1cc(C=CC(=O)N2C(=O)C=CCC2c2ccsc2)cc(OC)c1OC. The average Bonchev–Trinajstić information content (AvgIpc) is 3.25. The van der Waals surface area contributed by atoms with Crippen LogP contribution in [-0.4, -0.2) is 38.0 Å². The van der Waals surface area contributed by atoms with E-state index in [1.54, 1.807) is 24.3 Å². The zero-order valence-corrected chi connectivity index (χ0v) is 16.7. The van der Waals surface area contributed by atoms with Gasteiger partial charge in [-0.15, -0.1) is 0 Å². The van der Waals surface area contributed by atoms with Gasteiger partial charge in [-0.1, -0.05) is 6.08 Å². The number of thiophene rings is 1. The number of methoxy groups -OCH3 is 3. The molecule has 0 fully saturated rings. The summed E-state index contributed by atoms with van der Waals surface area (Å²) in [5, 5.41) is 3.90. The van der Waals surface area contributed by atoms with Crippen molar-refractivity contribution in [2.75, 3.05) is 21.3 Å². The number of hydrogen-bond acceptors (Lipinski definition) is 6. The molecular formula is C21H21NO5S. The van der Waals surface area contributed by atoms with E-state index in [2.05, 4.69) is 0 Å². The van der Waals surface area contributed by atoms with Gasteiger partial charge in [0.2, 0.25) is 5.75 Å². The average molecular weight is 399 g/mol. The van der Waals surface area contributed by atoms with Crippen molar-refractivity contribution < 1.29 is 23.8 Å². The lowest BCUT2D eigenvalue weighted by atomic mass is 10.0. The van der Waals surface area contributed by atoms with Crippen molar-refractivity contribution in [3.8, 4) is 17.2 Å². The van der Waals surface area contributed by atoms with Crippen molar-refractivity contribution in [1.29, 1.82) is 0 Å². The fourth-order valence-electron chi connectivity index (χ4n) is 3.09. The van der Waals surface area contributed by atoms with E-state index < -0.39 is 0 Å². The second kappa shape index (κ2) is 8.75. The first-order valence-electron chi connectivity index (χ1n) is 8.63. The topological polar surface area (TPSA) is 65.1 Å². The van der Waals surface area contributed by atoms with Crippen LogP contribution in [-0.2, 0) is 9.59 Å². The highest BCUT2D eigenvalue weighted by Gasteiger charge is 2.30. The van der Waals surface area contributed by atoms with Crippen LogP contribution >= 0.6 is 11.3 Å². The molecule has 0 bridgehead atoms. The molecule has 1 aromatic carbocycles. The van der Waals surface area contributed by atoms with E-state index in [1.165, 1.54) is 49.7 Å². The number of ether oxygens (including phenoxy) is 3. The van der Waals surface area contributed by atoms with Crippen LogP contribution in [0, 0.1) is 0 Å². The third-order valence-corrected chi connectivity index (χ3v) is 5.14. The Morgan fingerprint density at radius 2 is 1.89 bits per heavy atom. The number of amides is 2. The molecule has 1 aromatic heterocycles. The third-order valence-electron chi connectivity index (χ3n) is 4.44.